The average molecular weight is 284 g/mol. The summed E-state index contributed by atoms with van der Waals surface area (Å²) in [4.78, 5) is 2.48. The highest BCUT2D eigenvalue weighted by Crippen LogP contribution is 2.22. The standard InChI is InChI=1S/C19H28N2/c1-5-18(6-2)21(4)14-19(20-3)17-12-11-15-9-7-8-10-16(15)13-17/h7-13,18-20H,5-6,14H2,1-4H3. The maximum Gasteiger partial charge on any atom is 0.0447 e. The minimum Gasteiger partial charge on any atom is -0.312 e. The lowest BCUT2D eigenvalue weighted by Crippen LogP contribution is -2.37. The molecule has 114 valence electrons. The summed E-state index contributed by atoms with van der Waals surface area (Å²) < 4.78 is 0. The van der Waals surface area contributed by atoms with E-state index in [4.69, 9.17) is 0 Å². The number of rotatable bonds is 7. The molecule has 0 bridgehead atoms. The molecule has 1 atom stereocenters. The van der Waals surface area contributed by atoms with Gasteiger partial charge in [-0.05, 0) is 49.3 Å². The maximum absolute atomic E-state index is 3.48. The number of nitrogens with one attached hydrogen (secondary N) is 1. The molecule has 0 saturated heterocycles. The van der Waals surface area contributed by atoms with Gasteiger partial charge in [-0.3, -0.25) is 0 Å². The fraction of sp³-hybridized carbons (Fsp3) is 0.474. The molecule has 0 radical (unpaired) electrons. The van der Waals surface area contributed by atoms with Crippen LogP contribution < -0.4 is 5.32 Å². The average Bonchev–Trinajstić information content (AvgIpc) is 2.53. The van der Waals surface area contributed by atoms with E-state index in [0.717, 1.165) is 6.54 Å². The van der Waals surface area contributed by atoms with Crippen LogP contribution in [-0.2, 0) is 0 Å². The van der Waals surface area contributed by atoms with Crippen molar-refractivity contribution in [2.45, 2.75) is 38.8 Å². The van der Waals surface area contributed by atoms with Crippen molar-refractivity contribution in [2.75, 3.05) is 20.6 Å². The fourth-order valence-electron chi connectivity index (χ4n) is 3.14. The summed E-state index contributed by atoms with van der Waals surface area (Å²) in [6.07, 6.45) is 2.42. The zero-order valence-electron chi connectivity index (χ0n) is 13.8. The lowest BCUT2D eigenvalue weighted by atomic mass is 10.0. The predicted molar refractivity (Wildman–Crippen MR) is 92.7 cm³/mol. The lowest BCUT2D eigenvalue weighted by Gasteiger charge is -2.30. The van der Waals surface area contributed by atoms with Gasteiger partial charge in [0, 0.05) is 18.6 Å². The Kier molecular flexibility index (Phi) is 5.77. The fourth-order valence-corrected chi connectivity index (χ4v) is 3.14. The molecule has 0 aliphatic rings. The Labute approximate surface area is 129 Å². The van der Waals surface area contributed by atoms with Gasteiger partial charge < -0.3 is 10.2 Å². The van der Waals surface area contributed by atoms with E-state index in [-0.39, 0.29) is 0 Å². The summed E-state index contributed by atoms with van der Waals surface area (Å²) in [6.45, 7) is 5.59. The second-order valence-electron chi connectivity index (χ2n) is 5.86. The van der Waals surface area contributed by atoms with Crippen LogP contribution in [0.2, 0.25) is 0 Å². The summed E-state index contributed by atoms with van der Waals surface area (Å²) >= 11 is 0. The third kappa shape index (κ3) is 3.84. The van der Waals surface area contributed by atoms with Crippen molar-refractivity contribution in [1.82, 2.24) is 10.2 Å². The first-order chi connectivity index (χ1) is 10.2. The molecule has 2 aromatic carbocycles. The Morgan fingerprint density at radius 2 is 1.67 bits per heavy atom. The van der Waals surface area contributed by atoms with Crippen molar-refractivity contribution in [3.8, 4) is 0 Å². The summed E-state index contributed by atoms with van der Waals surface area (Å²) in [7, 11) is 4.30. The summed E-state index contributed by atoms with van der Waals surface area (Å²) in [5.41, 5.74) is 1.37. The van der Waals surface area contributed by atoms with E-state index >= 15 is 0 Å². The van der Waals surface area contributed by atoms with Crippen LogP contribution in [0.25, 0.3) is 10.8 Å². The van der Waals surface area contributed by atoms with Gasteiger partial charge in [0.25, 0.3) is 0 Å². The van der Waals surface area contributed by atoms with Gasteiger partial charge in [0.05, 0.1) is 0 Å². The largest absolute Gasteiger partial charge is 0.312 e. The van der Waals surface area contributed by atoms with Crippen LogP contribution in [0.3, 0.4) is 0 Å². The topological polar surface area (TPSA) is 15.3 Å². The van der Waals surface area contributed by atoms with Crippen molar-refractivity contribution in [1.29, 1.82) is 0 Å². The minimum absolute atomic E-state index is 0.375. The molecule has 2 nitrogen and oxygen atoms in total. The molecule has 2 aromatic rings. The third-order valence-corrected chi connectivity index (χ3v) is 4.56. The first kappa shape index (κ1) is 16.0. The van der Waals surface area contributed by atoms with Crippen LogP contribution in [0.5, 0.6) is 0 Å². The maximum atomic E-state index is 3.48. The van der Waals surface area contributed by atoms with Gasteiger partial charge >= 0.3 is 0 Å². The van der Waals surface area contributed by atoms with Gasteiger partial charge in [-0.1, -0.05) is 50.2 Å². The summed E-state index contributed by atoms with van der Waals surface area (Å²) in [6, 6.07) is 16.4. The number of hydrogen-bond acceptors (Lipinski definition) is 2. The molecule has 0 spiro atoms. The molecular formula is C19H28N2. The molecule has 21 heavy (non-hydrogen) atoms. The molecule has 0 aliphatic heterocycles. The minimum atomic E-state index is 0.375. The molecular weight excluding hydrogens is 256 g/mol. The van der Waals surface area contributed by atoms with Crippen LogP contribution in [0.1, 0.15) is 38.3 Å². The Bertz CT molecular complexity index is 560. The number of likely N-dealkylation sites (N-methyl/N-ethyl adjacent to an activating group) is 2. The Hall–Kier alpha value is -1.38. The molecule has 0 fully saturated rings. The monoisotopic (exact) mass is 284 g/mol. The van der Waals surface area contributed by atoms with Gasteiger partial charge in [0.2, 0.25) is 0 Å². The van der Waals surface area contributed by atoms with Crippen LogP contribution >= 0.6 is 0 Å². The van der Waals surface area contributed by atoms with Gasteiger partial charge in [-0.15, -0.1) is 0 Å². The smallest absolute Gasteiger partial charge is 0.0447 e. The highest BCUT2D eigenvalue weighted by molar-refractivity contribution is 5.83. The van der Waals surface area contributed by atoms with Gasteiger partial charge in [-0.2, -0.15) is 0 Å². The normalized spacial score (nSPS) is 13.2. The van der Waals surface area contributed by atoms with Gasteiger partial charge in [0.1, 0.15) is 0 Å². The SMILES string of the molecule is CCC(CC)N(C)CC(NC)c1ccc2ccccc2c1. The molecule has 0 aliphatic carbocycles. The quantitative estimate of drug-likeness (QED) is 0.819. The first-order valence-corrected chi connectivity index (χ1v) is 8.05. The molecule has 0 heterocycles. The first-order valence-electron chi connectivity index (χ1n) is 8.05. The summed E-state index contributed by atoms with van der Waals surface area (Å²) in [5.74, 6) is 0. The molecule has 0 amide bonds. The van der Waals surface area contributed by atoms with Crippen LogP contribution in [-0.4, -0.2) is 31.6 Å². The lowest BCUT2D eigenvalue weighted by molar-refractivity contribution is 0.209. The molecule has 0 aromatic heterocycles. The van der Waals surface area contributed by atoms with Crippen molar-refractivity contribution in [3.63, 3.8) is 0 Å². The number of nitrogens with zero attached hydrogens (tertiary/aromatic N) is 1. The van der Waals surface area contributed by atoms with E-state index in [0.29, 0.717) is 12.1 Å². The Morgan fingerprint density at radius 1 is 1.00 bits per heavy atom. The van der Waals surface area contributed by atoms with E-state index in [2.05, 4.69) is 80.6 Å². The number of hydrogen-bond donors (Lipinski definition) is 1. The molecule has 2 rings (SSSR count). The van der Waals surface area contributed by atoms with E-state index in [1.54, 1.807) is 0 Å². The van der Waals surface area contributed by atoms with Crippen molar-refractivity contribution < 1.29 is 0 Å². The summed E-state index contributed by atoms with van der Waals surface area (Å²) in [5, 5.41) is 6.10. The molecule has 1 N–H and O–H groups in total. The highest BCUT2D eigenvalue weighted by atomic mass is 15.1. The second kappa shape index (κ2) is 7.58. The zero-order valence-corrected chi connectivity index (χ0v) is 13.8. The van der Waals surface area contributed by atoms with E-state index < -0.39 is 0 Å². The van der Waals surface area contributed by atoms with Crippen LogP contribution in [0, 0.1) is 0 Å². The second-order valence-corrected chi connectivity index (χ2v) is 5.86. The molecule has 1 unspecified atom stereocenters. The number of fused-ring (bicyclic) bond motifs is 1. The third-order valence-electron chi connectivity index (χ3n) is 4.56. The van der Waals surface area contributed by atoms with E-state index in [1.807, 2.05) is 0 Å². The van der Waals surface area contributed by atoms with Crippen molar-refractivity contribution in [2.24, 2.45) is 0 Å². The highest BCUT2D eigenvalue weighted by Gasteiger charge is 2.16. The Balaban J connectivity index is 2.18. The van der Waals surface area contributed by atoms with E-state index in [1.165, 1.54) is 29.2 Å². The van der Waals surface area contributed by atoms with Gasteiger partial charge in [0.15, 0.2) is 0 Å². The molecule has 2 heteroatoms. The van der Waals surface area contributed by atoms with Crippen LogP contribution in [0.15, 0.2) is 42.5 Å². The van der Waals surface area contributed by atoms with Crippen molar-refractivity contribution >= 4 is 10.8 Å². The predicted octanol–water partition coefficient (Wildman–Crippen LogP) is 4.22. The Morgan fingerprint density at radius 3 is 2.29 bits per heavy atom. The van der Waals surface area contributed by atoms with Crippen LogP contribution in [0.4, 0.5) is 0 Å². The van der Waals surface area contributed by atoms with Gasteiger partial charge in [-0.25, -0.2) is 0 Å². The molecule has 0 saturated carbocycles. The number of benzene rings is 2. The van der Waals surface area contributed by atoms with Crippen molar-refractivity contribution in [3.05, 3.63) is 48.0 Å². The van der Waals surface area contributed by atoms with E-state index in [9.17, 15) is 0 Å². The zero-order chi connectivity index (χ0) is 15.2.